The third-order valence-corrected chi connectivity index (χ3v) is 3.98. The van der Waals surface area contributed by atoms with E-state index in [-0.39, 0.29) is 17.4 Å². The van der Waals surface area contributed by atoms with Crippen LogP contribution in [-0.4, -0.2) is 47.8 Å². The van der Waals surface area contributed by atoms with Gasteiger partial charge in [0.25, 0.3) is 9.05 Å². The molecule has 8 heteroatoms. The zero-order chi connectivity index (χ0) is 15.7. The van der Waals surface area contributed by atoms with Crippen LogP contribution in [0.2, 0.25) is 0 Å². The fraction of sp³-hybridized carbons (Fsp3) is 0.462. The van der Waals surface area contributed by atoms with Crippen LogP contribution in [0.5, 0.6) is 0 Å². The predicted octanol–water partition coefficient (Wildman–Crippen LogP) is 0.936. The topological polar surface area (TPSA) is 81.7 Å². The Labute approximate surface area is 128 Å². The van der Waals surface area contributed by atoms with Gasteiger partial charge in [-0.2, -0.15) is 0 Å². The van der Waals surface area contributed by atoms with Gasteiger partial charge in [0.05, 0.1) is 18.1 Å². The number of carbonyl (C=O) groups is 1. The summed E-state index contributed by atoms with van der Waals surface area (Å²) in [5.74, 6) is -0.203. The van der Waals surface area contributed by atoms with Crippen LogP contribution < -0.4 is 5.32 Å². The van der Waals surface area contributed by atoms with Crippen molar-refractivity contribution in [2.24, 2.45) is 0 Å². The molecule has 0 atom stereocenters. The van der Waals surface area contributed by atoms with Crippen molar-refractivity contribution in [1.82, 2.24) is 5.32 Å². The summed E-state index contributed by atoms with van der Waals surface area (Å²) < 4.78 is 32.0. The summed E-state index contributed by atoms with van der Waals surface area (Å²) in [6, 6.07) is 6.20. The molecule has 118 valence electrons. The van der Waals surface area contributed by atoms with E-state index in [2.05, 4.69) is 5.32 Å². The Hall–Kier alpha value is -1.15. The highest BCUT2D eigenvalue weighted by atomic mass is 35.7. The van der Waals surface area contributed by atoms with E-state index in [1.807, 2.05) is 0 Å². The summed E-state index contributed by atoms with van der Waals surface area (Å²) in [5.41, 5.74) is 0.902. The van der Waals surface area contributed by atoms with Gasteiger partial charge >= 0.3 is 0 Å². The van der Waals surface area contributed by atoms with Crippen molar-refractivity contribution in [2.45, 2.75) is 11.3 Å². The molecule has 0 aliphatic rings. The Kier molecular flexibility index (Phi) is 7.66. The van der Waals surface area contributed by atoms with Crippen LogP contribution in [-0.2, 0) is 29.7 Å². The van der Waals surface area contributed by atoms with Crippen LogP contribution in [0.1, 0.15) is 5.56 Å². The molecule has 0 aliphatic carbocycles. The molecule has 1 aromatic rings. The van der Waals surface area contributed by atoms with Gasteiger partial charge in [-0.3, -0.25) is 4.79 Å². The van der Waals surface area contributed by atoms with E-state index in [0.717, 1.165) is 5.56 Å². The molecule has 1 amide bonds. The molecule has 6 nitrogen and oxygen atoms in total. The van der Waals surface area contributed by atoms with Crippen LogP contribution in [0.3, 0.4) is 0 Å². The number of rotatable bonds is 9. The Balaban J connectivity index is 2.28. The minimum absolute atomic E-state index is 0.00715. The van der Waals surface area contributed by atoms with Crippen molar-refractivity contribution in [2.75, 3.05) is 33.5 Å². The highest BCUT2D eigenvalue weighted by Gasteiger charge is 2.09. The van der Waals surface area contributed by atoms with Crippen molar-refractivity contribution in [3.63, 3.8) is 0 Å². The third kappa shape index (κ3) is 7.42. The Bertz CT molecular complexity index is 544. The molecule has 0 bridgehead atoms. The summed E-state index contributed by atoms with van der Waals surface area (Å²) in [4.78, 5) is 11.5. The summed E-state index contributed by atoms with van der Waals surface area (Å²) in [6.07, 6.45) is 0.590. The minimum atomic E-state index is -3.69. The molecule has 0 saturated carbocycles. The lowest BCUT2D eigenvalue weighted by atomic mass is 10.1. The minimum Gasteiger partial charge on any atom is -0.382 e. The average Bonchev–Trinajstić information content (AvgIpc) is 2.43. The molecule has 1 aromatic carbocycles. The van der Waals surface area contributed by atoms with Gasteiger partial charge in [-0.05, 0) is 24.1 Å². The second-order valence-electron chi connectivity index (χ2n) is 4.23. The maximum absolute atomic E-state index is 11.4. The molecule has 0 fully saturated rings. The van der Waals surface area contributed by atoms with Crippen molar-refractivity contribution < 1.29 is 22.7 Å². The first-order chi connectivity index (χ1) is 9.93. The molecule has 0 heterocycles. The van der Waals surface area contributed by atoms with Gasteiger partial charge < -0.3 is 14.8 Å². The first-order valence-corrected chi connectivity index (χ1v) is 8.61. The number of halogens is 1. The van der Waals surface area contributed by atoms with Gasteiger partial charge in [-0.1, -0.05) is 12.1 Å². The summed E-state index contributed by atoms with van der Waals surface area (Å²) in [6.45, 7) is 1.26. The van der Waals surface area contributed by atoms with Crippen molar-refractivity contribution in [3.05, 3.63) is 29.8 Å². The highest BCUT2D eigenvalue weighted by Crippen LogP contribution is 2.15. The lowest BCUT2D eigenvalue weighted by Gasteiger charge is -2.06. The van der Waals surface area contributed by atoms with Gasteiger partial charge in [0.15, 0.2) is 0 Å². The standard InChI is InChI=1S/C13H18ClNO5S/c1-19-8-9-20-10-13(16)15-7-6-11-2-4-12(5-3-11)21(14,17)18/h2-5H,6-10H2,1H3,(H,15,16). The molecule has 0 saturated heterocycles. The van der Waals surface area contributed by atoms with E-state index in [4.69, 9.17) is 20.2 Å². The monoisotopic (exact) mass is 335 g/mol. The van der Waals surface area contributed by atoms with E-state index >= 15 is 0 Å². The van der Waals surface area contributed by atoms with E-state index in [1.165, 1.54) is 12.1 Å². The van der Waals surface area contributed by atoms with Gasteiger partial charge in [-0.15, -0.1) is 0 Å². The fourth-order valence-corrected chi connectivity index (χ4v) is 2.29. The number of benzene rings is 1. The fourth-order valence-electron chi connectivity index (χ4n) is 1.52. The number of ether oxygens (including phenoxy) is 2. The van der Waals surface area contributed by atoms with Crippen molar-refractivity contribution >= 4 is 25.6 Å². The normalized spacial score (nSPS) is 11.3. The van der Waals surface area contributed by atoms with Crippen molar-refractivity contribution in [1.29, 1.82) is 0 Å². The number of carbonyl (C=O) groups excluding carboxylic acids is 1. The number of hydrogen-bond acceptors (Lipinski definition) is 5. The molecule has 0 spiro atoms. The average molecular weight is 336 g/mol. The summed E-state index contributed by atoms with van der Waals surface area (Å²) >= 11 is 0. The zero-order valence-electron chi connectivity index (χ0n) is 11.7. The smallest absolute Gasteiger partial charge is 0.261 e. The summed E-state index contributed by atoms with van der Waals surface area (Å²) in [5, 5.41) is 2.70. The van der Waals surface area contributed by atoms with Gasteiger partial charge in [-0.25, -0.2) is 8.42 Å². The molecule has 0 radical (unpaired) electrons. The Morgan fingerprint density at radius 3 is 2.48 bits per heavy atom. The van der Waals surface area contributed by atoms with E-state index in [1.54, 1.807) is 19.2 Å². The van der Waals surface area contributed by atoms with Crippen LogP contribution >= 0.6 is 10.7 Å². The van der Waals surface area contributed by atoms with E-state index in [0.29, 0.717) is 26.2 Å². The van der Waals surface area contributed by atoms with Crippen LogP contribution in [0.4, 0.5) is 0 Å². The molecular weight excluding hydrogens is 318 g/mol. The summed E-state index contributed by atoms with van der Waals surface area (Å²) in [7, 11) is 3.09. The number of amides is 1. The van der Waals surface area contributed by atoms with Crippen LogP contribution in [0.15, 0.2) is 29.2 Å². The van der Waals surface area contributed by atoms with Gasteiger partial charge in [0, 0.05) is 24.3 Å². The largest absolute Gasteiger partial charge is 0.382 e. The zero-order valence-corrected chi connectivity index (χ0v) is 13.2. The van der Waals surface area contributed by atoms with Crippen LogP contribution in [0.25, 0.3) is 0 Å². The molecule has 0 aromatic heterocycles. The lowest BCUT2D eigenvalue weighted by molar-refractivity contribution is -0.126. The third-order valence-electron chi connectivity index (χ3n) is 2.61. The molecule has 0 unspecified atom stereocenters. The second kappa shape index (κ2) is 8.99. The predicted molar refractivity (Wildman–Crippen MR) is 78.9 cm³/mol. The number of nitrogens with one attached hydrogen (secondary N) is 1. The lowest BCUT2D eigenvalue weighted by Crippen LogP contribution is -2.29. The molecule has 21 heavy (non-hydrogen) atoms. The van der Waals surface area contributed by atoms with Gasteiger partial charge in [0.2, 0.25) is 5.91 Å². The Morgan fingerprint density at radius 2 is 1.90 bits per heavy atom. The van der Waals surface area contributed by atoms with E-state index < -0.39 is 9.05 Å². The first kappa shape index (κ1) is 17.9. The first-order valence-electron chi connectivity index (χ1n) is 6.30. The van der Waals surface area contributed by atoms with E-state index in [9.17, 15) is 13.2 Å². The Morgan fingerprint density at radius 1 is 1.24 bits per heavy atom. The number of methoxy groups -OCH3 is 1. The molecule has 1 N–H and O–H groups in total. The maximum atomic E-state index is 11.4. The maximum Gasteiger partial charge on any atom is 0.261 e. The van der Waals surface area contributed by atoms with Crippen LogP contribution in [0, 0.1) is 0 Å². The number of hydrogen-bond donors (Lipinski definition) is 1. The second-order valence-corrected chi connectivity index (χ2v) is 6.79. The van der Waals surface area contributed by atoms with Gasteiger partial charge in [0.1, 0.15) is 6.61 Å². The molecule has 0 aliphatic heterocycles. The van der Waals surface area contributed by atoms with Crippen molar-refractivity contribution in [3.8, 4) is 0 Å². The molecular formula is C13H18ClNO5S. The highest BCUT2D eigenvalue weighted by molar-refractivity contribution is 8.13. The quantitative estimate of drug-likeness (QED) is 0.536. The molecule has 1 rings (SSSR count). The SMILES string of the molecule is COCCOCC(=O)NCCc1ccc(S(=O)(=O)Cl)cc1.